The van der Waals surface area contributed by atoms with E-state index in [9.17, 15) is 4.79 Å². The zero-order chi connectivity index (χ0) is 5.98. The molecule has 0 aliphatic carbocycles. The Labute approximate surface area is 45.6 Å². The highest BCUT2D eigenvalue weighted by molar-refractivity contribution is 5.60. The Morgan fingerprint density at radius 3 is 2.88 bits per heavy atom. The number of ether oxygens (including phenoxy) is 1. The lowest BCUT2D eigenvalue weighted by molar-refractivity contribution is -0.305. The summed E-state index contributed by atoms with van der Waals surface area (Å²) in [6.07, 6.45) is -0.730. The molecule has 0 aromatic heterocycles. The van der Waals surface area contributed by atoms with Gasteiger partial charge < -0.3 is 9.57 Å². The van der Waals surface area contributed by atoms with Gasteiger partial charge in [-0.15, -0.1) is 0 Å². The molecule has 1 rings (SSSR count). The van der Waals surface area contributed by atoms with E-state index in [0.717, 1.165) is 5.23 Å². The summed E-state index contributed by atoms with van der Waals surface area (Å²) in [5.41, 5.74) is 0. The largest absolute Gasteiger partial charge is 0.531 e. The van der Waals surface area contributed by atoms with E-state index in [1.54, 1.807) is 0 Å². The molecular formula is C3H5NO4. The Morgan fingerprint density at radius 2 is 2.62 bits per heavy atom. The van der Waals surface area contributed by atoms with E-state index in [-0.39, 0.29) is 6.73 Å². The number of rotatable bonds is 1. The highest BCUT2D eigenvalue weighted by atomic mass is 17.0. The summed E-state index contributed by atoms with van der Waals surface area (Å²) < 4.78 is 4.30. The normalized spacial score (nSPS) is 20.4. The van der Waals surface area contributed by atoms with Gasteiger partial charge in [-0.25, -0.2) is 4.79 Å². The van der Waals surface area contributed by atoms with Crippen LogP contribution in [0, 0.1) is 0 Å². The number of carbonyl (C=O) groups is 1. The van der Waals surface area contributed by atoms with Gasteiger partial charge in [0.25, 0.3) is 0 Å². The van der Waals surface area contributed by atoms with Gasteiger partial charge in [0.1, 0.15) is 0 Å². The van der Waals surface area contributed by atoms with Crippen molar-refractivity contribution < 1.29 is 19.2 Å². The van der Waals surface area contributed by atoms with Gasteiger partial charge in [0, 0.05) is 5.23 Å². The molecule has 5 nitrogen and oxygen atoms in total. The number of cyclic esters (lactones) is 1. The van der Waals surface area contributed by atoms with Crippen LogP contribution in [0.25, 0.3) is 0 Å². The molecule has 0 N–H and O–H groups in total. The fourth-order valence-corrected chi connectivity index (χ4v) is 0.331. The second-order valence-electron chi connectivity index (χ2n) is 1.13. The van der Waals surface area contributed by atoms with Gasteiger partial charge in [-0.05, 0) is 0 Å². The Balaban J connectivity index is 2.32. The van der Waals surface area contributed by atoms with Gasteiger partial charge in [-0.1, -0.05) is 0 Å². The average Bonchev–Trinajstić information content (AvgIpc) is 2.14. The van der Waals surface area contributed by atoms with E-state index < -0.39 is 6.16 Å². The third-order valence-corrected chi connectivity index (χ3v) is 0.668. The average molecular weight is 119 g/mol. The van der Waals surface area contributed by atoms with Crippen molar-refractivity contribution in [3.05, 3.63) is 0 Å². The van der Waals surface area contributed by atoms with Gasteiger partial charge in [-0.3, -0.25) is 4.84 Å². The molecule has 46 valence electrons. The van der Waals surface area contributed by atoms with Crippen LogP contribution in [0.5, 0.6) is 0 Å². The van der Waals surface area contributed by atoms with Crippen LogP contribution in [0.15, 0.2) is 0 Å². The number of hydrogen-bond acceptors (Lipinski definition) is 5. The first kappa shape index (κ1) is 5.33. The van der Waals surface area contributed by atoms with Gasteiger partial charge in [0.05, 0.1) is 7.11 Å². The molecule has 0 radical (unpaired) electrons. The smallest absolute Gasteiger partial charge is 0.411 e. The lowest BCUT2D eigenvalue weighted by Gasteiger charge is -2.02. The lowest BCUT2D eigenvalue weighted by atomic mass is 11.3. The summed E-state index contributed by atoms with van der Waals surface area (Å²) in [5.74, 6) is 0. The molecule has 0 aromatic carbocycles. The molecule has 5 heteroatoms. The maximum atomic E-state index is 10.0. The third-order valence-electron chi connectivity index (χ3n) is 0.668. The molecule has 1 saturated heterocycles. The van der Waals surface area contributed by atoms with Crippen LogP contribution in [-0.2, 0) is 14.4 Å². The molecule has 0 saturated carbocycles. The summed E-state index contributed by atoms with van der Waals surface area (Å²) in [6.45, 7) is 0.0370. The number of hydrogen-bond donors (Lipinski definition) is 0. The molecule has 0 bridgehead atoms. The van der Waals surface area contributed by atoms with Crippen LogP contribution in [0.3, 0.4) is 0 Å². The van der Waals surface area contributed by atoms with E-state index in [1.807, 2.05) is 0 Å². The van der Waals surface area contributed by atoms with Crippen LogP contribution in [0.4, 0.5) is 4.79 Å². The minimum absolute atomic E-state index is 0.0370. The first-order chi connectivity index (χ1) is 3.83. The van der Waals surface area contributed by atoms with Crippen molar-refractivity contribution in [2.45, 2.75) is 0 Å². The summed E-state index contributed by atoms with van der Waals surface area (Å²) >= 11 is 0. The van der Waals surface area contributed by atoms with Crippen molar-refractivity contribution >= 4 is 6.16 Å². The van der Waals surface area contributed by atoms with E-state index in [1.165, 1.54) is 7.11 Å². The standard InChI is InChI=1S/C3H5NO4/c1-6-4-2-7-3(5)8-4/h2H2,1H3. The Kier molecular flexibility index (Phi) is 1.32. The maximum Gasteiger partial charge on any atom is 0.531 e. The monoisotopic (exact) mass is 119 g/mol. The molecule has 0 amide bonds. The zero-order valence-electron chi connectivity index (χ0n) is 4.29. The Hall–Kier alpha value is -0.810. The second kappa shape index (κ2) is 1.97. The van der Waals surface area contributed by atoms with Crippen LogP contribution in [-0.4, -0.2) is 25.2 Å². The predicted octanol–water partition coefficient (Wildman–Crippen LogP) is -0.111. The minimum Gasteiger partial charge on any atom is -0.411 e. The quantitative estimate of drug-likeness (QED) is 0.450. The number of carbonyl (C=O) groups excluding carboxylic acids is 1. The van der Waals surface area contributed by atoms with Gasteiger partial charge in [0.2, 0.25) is 6.73 Å². The topological polar surface area (TPSA) is 48.0 Å². The molecule has 0 spiro atoms. The predicted molar refractivity (Wildman–Crippen MR) is 21.3 cm³/mol. The fourth-order valence-electron chi connectivity index (χ4n) is 0.331. The van der Waals surface area contributed by atoms with Crippen LogP contribution in [0.1, 0.15) is 0 Å². The molecule has 1 aliphatic heterocycles. The van der Waals surface area contributed by atoms with Crippen molar-refractivity contribution in [1.82, 2.24) is 5.23 Å². The van der Waals surface area contributed by atoms with E-state index in [4.69, 9.17) is 0 Å². The van der Waals surface area contributed by atoms with E-state index in [0.29, 0.717) is 0 Å². The summed E-state index contributed by atoms with van der Waals surface area (Å²) in [5, 5.41) is 0.933. The van der Waals surface area contributed by atoms with Crippen molar-refractivity contribution in [1.29, 1.82) is 0 Å². The highest BCUT2D eigenvalue weighted by Crippen LogP contribution is 2.02. The molecule has 1 heterocycles. The fraction of sp³-hybridized carbons (Fsp3) is 0.667. The van der Waals surface area contributed by atoms with Crippen molar-refractivity contribution in [2.75, 3.05) is 13.8 Å². The van der Waals surface area contributed by atoms with Crippen molar-refractivity contribution in [3.8, 4) is 0 Å². The minimum atomic E-state index is -0.730. The molecule has 1 fully saturated rings. The van der Waals surface area contributed by atoms with Crippen molar-refractivity contribution in [3.63, 3.8) is 0 Å². The summed E-state index contributed by atoms with van der Waals surface area (Å²) in [4.78, 5) is 18.8. The molecule has 0 atom stereocenters. The molecule has 0 unspecified atom stereocenters. The van der Waals surface area contributed by atoms with Crippen molar-refractivity contribution in [2.24, 2.45) is 0 Å². The van der Waals surface area contributed by atoms with Gasteiger partial charge in [0.15, 0.2) is 0 Å². The summed E-state index contributed by atoms with van der Waals surface area (Å²) in [6, 6.07) is 0. The first-order valence-electron chi connectivity index (χ1n) is 1.99. The molecule has 8 heavy (non-hydrogen) atoms. The van der Waals surface area contributed by atoms with E-state index >= 15 is 0 Å². The third kappa shape index (κ3) is 0.877. The number of hydroxylamine groups is 2. The second-order valence-corrected chi connectivity index (χ2v) is 1.13. The van der Waals surface area contributed by atoms with E-state index in [2.05, 4.69) is 14.4 Å². The Bertz CT molecular complexity index is 103. The van der Waals surface area contributed by atoms with Crippen LogP contribution >= 0.6 is 0 Å². The van der Waals surface area contributed by atoms with Crippen LogP contribution < -0.4 is 0 Å². The maximum absolute atomic E-state index is 10.0. The molecule has 1 aliphatic rings. The first-order valence-corrected chi connectivity index (χ1v) is 1.99. The van der Waals surface area contributed by atoms with Gasteiger partial charge in [-0.2, -0.15) is 0 Å². The SMILES string of the molecule is CON1COC(=O)O1. The molecular weight excluding hydrogens is 114 g/mol. The highest BCUT2D eigenvalue weighted by Gasteiger charge is 2.21. The van der Waals surface area contributed by atoms with Crippen LogP contribution in [0.2, 0.25) is 0 Å². The molecule has 0 aromatic rings. The number of nitrogens with zero attached hydrogens (tertiary/aromatic N) is 1. The van der Waals surface area contributed by atoms with Gasteiger partial charge >= 0.3 is 6.16 Å². The summed E-state index contributed by atoms with van der Waals surface area (Å²) in [7, 11) is 1.38. The lowest BCUT2D eigenvalue weighted by Crippen LogP contribution is -2.15. The Morgan fingerprint density at radius 1 is 1.88 bits per heavy atom. The zero-order valence-corrected chi connectivity index (χ0v) is 4.29.